The van der Waals surface area contributed by atoms with Crippen LogP contribution in [0.15, 0.2) is 182 Å². The van der Waals surface area contributed by atoms with Crippen LogP contribution in [0.3, 0.4) is 0 Å². The molecule has 0 atom stereocenters. The summed E-state index contributed by atoms with van der Waals surface area (Å²) >= 11 is 0. The minimum Gasteiger partial charge on any atom is -0.345 e. The Labute approximate surface area is 276 Å². The number of nitriles is 1. The quantitative estimate of drug-likeness (QED) is 0.173. The van der Waals surface area contributed by atoms with Crippen molar-refractivity contribution in [2.75, 3.05) is 16.8 Å². The van der Waals surface area contributed by atoms with Gasteiger partial charge in [0.15, 0.2) is 0 Å². The molecule has 0 heterocycles. The molecule has 0 saturated carbocycles. The number of rotatable bonds is 8. The summed E-state index contributed by atoms with van der Waals surface area (Å²) in [5.41, 5.74) is 13.1. The molecule has 47 heavy (non-hydrogen) atoms. The molecule has 0 aliphatic rings. The van der Waals surface area contributed by atoms with Crippen LogP contribution in [0.2, 0.25) is 0 Å². The molecular formula is C44H33N3. The first-order valence-corrected chi connectivity index (χ1v) is 15.7. The van der Waals surface area contributed by atoms with Crippen molar-refractivity contribution in [1.82, 2.24) is 0 Å². The summed E-state index contributed by atoms with van der Waals surface area (Å²) < 4.78 is 0. The van der Waals surface area contributed by atoms with Crippen LogP contribution in [0.5, 0.6) is 0 Å². The number of anilines is 5. The third-order valence-electron chi connectivity index (χ3n) is 8.52. The Morgan fingerprint density at radius 2 is 0.745 bits per heavy atom. The first-order valence-electron chi connectivity index (χ1n) is 15.7. The molecule has 224 valence electrons. The van der Waals surface area contributed by atoms with Crippen LogP contribution in [-0.4, -0.2) is 7.05 Å². The molecule has 7 aromatic carbocycles. The average Bonchev–Trinajstić information content (AvgIpc) is 3.16. The lowest BCUT2D eigenvalue weighted by Crippen LogP contribution is -2.10. The Bertz CT molecular complexity index is 2050. The third-order valence-corrected chi connectivity index (χ3v) is 8.52. The van der Waals surface area contributed by atoms with Crippen molar-refractivity contribution in [3.8, 4) is 39.4 Å². The van der Waals surface area contributed by atoms with Gasteiger partial charge in [-0.1, -0.05) is 109 Å². The minimum atomic E-state index is 0.660. The standard InChI is InChI=1S/C44H33N3/c1-46(40-24-18-33(32-45)19-25-40)41-26-20-36(21-27-41)37-22-28-42(29-23-37)47(43-16-8-14-38(30-43)34-10-4-2-5-11-34)44-17-9-15-39(31-44)35-12-6-3-7-13-35/h2-31H,1H3. The number of benzene rings is 7. The first-order chi connectivity index (χ1) is 23.2. The fourth-order valence-corrected chi connectivity index (χ4v) is 5.95. The van der Waals surface area contributed by atoms with Gasteiger partial charge in [0.25, 0.3) is 0 Å². The molecule has 0 aromatic heterocycles. The topological polar surface area (TPSA) is 30.3 Å². The van der Waals surface area contributed by atoms with Crippen LogP contribution in [-0.2, 0) is 0 Å². The Kier molecular flexibility index (Phi) is 8.32. The summed E-state index contributed by atoms with van der Waals surface area (Å²) in [5, 5.41) is 9.13. The molecule has 3 nitrogen and oxygen atoms in total. The Morgan fingerprint density at radius 1 is 0.362 bits per heavy atom. The number of hydrogen-bond acceptors (Lipinski definition) is 3. The van der Waals surface area contributed by atoms with Gasteiger partial charge in [-0.25, -0.2) is 0 Å². The van der Waals surface area contributed by atoms with E-state index in [1.807, 2.05) is 31.3 Å². The van der Waals surface area contributed by atoms with Gasteiger partial charge in [-0.2, -0.15) is 5.26 Å². The van der Waals surface area contributed by atoms with Crippen LogP contribution in [0.4, 0.5) is 28.4 Å². The molecule has 7 rings (SSSR count). The monoisotopic (exact) mass is 603 g/mol. The second-order valence-electron chi connectivity index (χ2n) is 11.5. The lowest BCUT2D eigenvalue weighted by atomic mass is 10.0. The fourth-order valence-electron chi connectivity index (χ4n) is 5.95. The number of hydrogen-bond donors (Lipinski definition) is 0. The van der Waals surface area contributed by atoms with E-state index in [1.54, 1.807) is 0 Å². The zero-order chi connectivity index (χ0) is 32.0. The Morgan fingerprint density at radius 3 is 1.19 bits per heavy atom. The van der Waals surface area contributed by atoms with E-state index >= 15 is 0 Å². The predicted molar refractivity (Wildman–Crippen MR) is 197 cm³/mol. The van der Waals surface area contributed by atoms with Crippen LogP contribution in [0.25, 0.3) is 33.4 Å². The van der Waals surface area contributed by atoms with Crippen molar-refractivity contribution in [1.29, 1.82) is 5.26 Å². The van der Waals surface area contributed by atoms with Gasteiger partial charge >= 0.3 is 0 Å². The van der Waals surface area contributed by atoms with E-state index in [2.05, 4.69) is 174 Å². The zero-order valence-electron chi connectivity index (χ0n) is 26.2. The van der Waals surface area contributed by atoms with E-state index in [9.17, 15) is 0 Å². The highest BCUT2D eigenvalue weighted by molar-refractivity contribution is 5.83. The van der Waals surface area contributed by atoms with E-state index in [0.29, 0.717) is 5.56 Å². The maximum absolute atomic E-state index is 9.13. The van der Waals surface area contributed by atoms with Gasteiger partial charge in [0.1, 0.15) is 0 Å². The molecule has 0 saturated heterocycles. The van der Waals surface area contributed by atoms with Crippen molar-refractivity contribution in [2.24, 2.45) is 0 Å². The maximum Gasteiger partial charge on any atom is 0.0991 e. The smallest absolute Gasteiger partial charge is 0.0991 e. The van der Waals surface area contributed by atoms with E-state index < -0.39 is 0 Å². The zero-order valence-corrected chi connectivity index (χ0v) is 26.2. The van der Waals surface area contributed by atoms with E-state index in [-0.39, 0.29) is 0 Å². The average molecular weight is 604 g/mol. The van der Waals surface area contributed by atoms with Gasteiger partial charge in [-0.05, 0) is 106 Å². The highest BCUT2D eigenvalue weighted by atomic mass is 15.1. The normalized spacial score (nSPS) is 10.6. The largest absolute Gasteiger partial charge is 0.345 e. The minimum absolute atomic E-state index is 0.660. The van der Waals surface area contributed by atoms with Crippen molar-refractivity contribution in [3.63, 3.8) is 0 Å². The second kappa shape index (κ2) is 13.3. The van der Waals surface area contributed by atoms with Crippen LogP contribution in [0.1, 0.15) is 5.56 Å². The molecule has 0 aliphatic heterocycles. The maximum atomic E-state index is 9.13. The summed E-state index contributed by atoms with van der Waals surface area (Å²) in [4.78, 5) is 4.46. The van der Waals surface area contributed by atoms with Gasteiger partial charge in [-0.3, -0.25) is 0 Å². The lowest BCUT2D eigenvalue weighted by molar-refractivity contribution is 1.21. The highest BCUT2D eigenvalue weighted by Crippen LogP contribution is 2.39. The molecule has 0 amide bonds. The molecule has 0 unspecified atom stereocenters. The number of nitrogens with zero attached hydrogens (tertiary/aromatic N) is 3. The van der Waals surface area contributed by atoms with Crippen LogP contribution < -0.4 is 9.80 Å². The molecule has 0 radical (unpaired) electrons. The summed E-state index contributed by atoms with van der Waals surface area (Å²) in [6.45, 7) is 0. The van der Waals surface area contributed by atoms with Gasteiger partial charge in [0.05, 0.1) is 11.6 Å². The fraction of sp³-hybridized carbons (Fsp3) is 0.0227. The van der Waals surface area contributed by atoms with Crippen molar-refractivity contribution < 1.29 is 0 Å². The van der Waals surface area contributed by atoms with Gasteiger partial charge in [0.2, 0.25) is 0 Å². The Balaban J connectivity index is 1.22. The third kappa shape index (κ3) is 6.40. The SMILES string of the molecule is CN(c1ccc(C#N)cc1)c1ccc(-c2ccc(N(c3cccc(-c4ccccc4)c3)c3cccc(-c4ccccc4)c3)cc2)cc1. The van der Waals surface area contributed by atoms with E-state index in [4.69, 9.17) is 5.26 Å². The molecule has 7 aromatic rings. The van der Waals surface area contributed by atoms with E-state index in [1.165, 1.54) is 22.3 Å². The molecule has 0 fully saturated rings. The molecular weight excluding hydrogens is 571 g/mol. The van der Waals surface area contributed by atoms with Gasteiger partial charge in [0, 0.05) is 35.5 Å². The van der Waals surface area contributed by atoms with Crippen LogP contribution in [0, 0.1) is 11.3 Å². The highest BCUT2D eigenvalue weighted by Gasteiger charge is 2.15. The van der Waals surface area contributed by atoms with Crippen molar-refractivity contribution >= 4 is 28.4 Å². The summed E-state index contributed by atoms with van der Waals surface area (Å²) in [6.07, 6.45) is 0. The van der Waals surface area contributed by atoms with Crippen LogP contribution >= 0.6 is 0 Å². The Hall–Kier alpha value is -6.37. The van der Waals surface area contributed by atoms with Crippen molar-refractivity contribution in [2.45, 2.75) is 0 Å². The predicted octanol–water partition coefficient (Wildman–Crippen LogP) is 11.8. The summed E-state index contributed by atoms with van der Waals surface area (Å²) in [5.74, 6) is 0. The molecule has 3 heteroatoms. The molecule has 0 spiro atoms. The van der Waals surface area contributed by atoms with Gasteiger partial charge < -0.3 is 9.80 Å². The van der Waals surface area contributed by atoms with Crippen molar-refractivity contribution in [3.05, 3.63) is 188 Å². The van der Waals surface area contributed by atoms with E-state index in [0.717, 1.165) is 39.6 Å². The second-order valence-corrected chi connectivity index (χ2v) is 11.5. The van der Waals surface area contributed by atoms with Gasteiger partial charge in [-0.15, -0.1) is 0 Å². The molecule has 0 aliphatic carbocycles. The summed E-state index contributed by atoms with van der Waals surface area (Å²) in [7, 11) is 2.04. The summed E-state index contributed by atoms with van der Waals surface area (Å²) in [6, 6.07) is 65.8. The first kappa shape index (κ1) is 29.3. The molecule has 0 N–H and O–H groups in total. The molecule has 0 bridgehead atoms. The lowest BCUT2D eigenvalue weighted by Gasteiger charge is -2.27.